The summed E-state index contributed by atoms with van der Waals surface area (Å²) in [5.74, 6) is 1.19. The van der Waals surface area contributed by atoms with Crippen LogP contribution in [-0.4, -0.2) is 9.97 Å². The molecule has 2 N–H and O–H groups in total. The lowest BCUT2D eigenvalue weighted by molar-refractivity contribution is 1.16. The molecule has 3 aromatic rings. The molecule has 1 aliphatic carbocycles. The third-order valence-electron chi connectivity index (χ3n) is 4.07. The van der Waals surface area contributed by atoms with Gasteiger partial charge < -0.3 is 10.6 Å². The monoisotopic (exact) mass is 403 g/mol. The van der Waals surface area contributed by atoms with Crippen molar-refractivity contribution in [3.63, 3.8) is 0 Å². The van der Waals surface area contributed by atoms with Crippen molar-refractivity contribution in [3.05, 3.63) is 77.5 Å². The van der Waals surface area contributed by atoms with Gasteiger partial charge in [-0.2, -0.15) is 10.2 Å². The average molecular weight is 404 g/mol. The van der Waals surface area contributed by atoms with E-state index in [0.717, 1.165) is 22.3 Å². The number of fused-ring (bicyclic) bond motifs is 1. The Morgan fingerprint density at radius 3 is 2.62 bits per heavy atom. The van der Waals surface area contributed by atoms with E-state index in [1.54, 1.807) is 18.3 Å². The van der Waals surface area contributed by atoms with Crippen LogP contribution in [0.25, 0.3) is 4.48 Å². The molecule has 26 heavy (non-hydrogen) atoms. The molecule has 6 heteroatoms. The maximum absolute atomic E-state index is 8.86. The predicted octanol–water partition coefficient (Wildman–Crippen LogP) is 5.13. The van der Waals surface area contributed by atoms with Crippen molar-refractivity contribution in [1.29, 1.82) is 5.26 Å². The van der Waals surface area contributed by atoms with Crippen LogP contribution in [-0.2, 0) is 6.42 Å². The largest absolute Gasteiger partial charge is 0.340 e. The van der Waals surface area contributed by atoms with Gasteiger partial charge in [-0.3, -0.25) is 0 Å². The van der Waals surface area contributed by atoms with Crippen LogP contribution < -0.4 is 10.6 Å². The van der Waals surface area contributed by atoms with Crippen molar-refractivity contribution in [2.75, 3.05) is 10.6 Å². The van der Waals surface area contributed by atoms with Crippen molar-refractivity contribution in [2.45, 2.75) is 6.42 Å². The fourth-order valence-electron chi connectivity index (χ4n) is 2.76. The maximum Gasteiger partial charge on any atom is 0.229 e. The molecular weight excluding hydrogens is 390 g/mol. The molecule has 0 aliphatic heterocycles. The molecule has 0 spiro atoms. The lowest BCUT2D eigenvalue weighted by Gasteiger charge is -2.10. The molecule has 0 unspecified atom stereocenters. The molecule has 0 amide bonds. The van der Waals surface area contributed by atoms with Gasteiger partial charge >= 0.3 is 0 Å². The molecule has 0 radical (unpaired) electrons. The van der Waals surface area contributed by atoms with Crippen LogP contribution in [0.1, 0.15) is 16.7 Å². The maximum atomic E-state index is 8.86. The van der Waals surface area contributed by atoms with E-state index in [2.05, 4.69) is 60.8 Å². The Morgan fingerprint density at radius 2 is 1.81 bits per heavy atom. The zero-order valence-corrected chi connectivity index (χ0v) is 15.3. The zero-order valence-electron chi connectivity index (χ0n) is 13.7. The van der Waals surface area contributed by atoms with Crippen molar-refractivity contribution in [2.24, 2.45) is 0 Å². The standard InChI is InChI=1S/C20H14BrN5/c21-18-8-4-14-3-7-16(11-17(14)18)24-19-9-10-23-20(26-19)25-15-5-1-13(12-22)2-6-15/h1-3,5-11H,4H2,(H2,23,24,25,26). The topological polar surface area (TPSA) is 73.6 Å². The summed E-state index contributed by atoms with van der Waals surface area (Å²) >= 11 is 3.59. The number of nitrogens with one attached hydrogen (secondary N) is 2. The predicted molar refractivity (Wildman–Crippen MR) is 107 cm³/mol. The van der Waals surface area contributed by atoms with Gasteiger partial charge in [-0.25, -0.2) is 4.98 Å². The van der Waals surface area contributed by atoms with Crippen molar-refractivity contribution < 1.29 is 0 Å². The molecule has 126 valence electrons. The van der Waals surface area contributed by atoms with Crippen LogP contribution in [0, 0.1) is 11.3 Å². The van der Waals surface area contributed by atoms with Crippen LogP contribution in [0.3, 0.4) is 0 Å². The van der Waals surface area contributed by atoms with Gasteiger partial charge in [0.1, 0.15) is 5.82 Å². The highest BCUT2D eigenvalue weighted by atomic mass is 79.9. The van der Waals surface area contributed by atoms with Gasteiger partial charge in [0.05, 0.1) is 11.6 Å². The summed E-state index contributed by atoms with van der Waals surface area (Å²) in [7, 11) is 0. The number of allylic oxidation sites excluding steroid dienone is 1. The van der Waals surface area contributed by atoms with Crippen LogP contribution in [0.5, 0.6) is 0 Å². The number of anilines is 4. The molecule has 1 aliphatic rings. The Labute approximate surface area is 159 Å². The number of aromatic nitrogens is 2. The second kappa shape index (κ2) is 6.98. The molecule has 0 atom stereocenters. The quantitative estimate of drug-likeness (QED) is 0.631. The number of hydrogen-bond donors (Lipinski definition) is 2. The minimum absolute atomic E-state index is 0.488. The number of nitriles is 1. The summed E-state index contributed by atoms with van der Waals surface area (Å²) in [5.41, 5.74) is 4.93. The number of nitrogens with zero attached hydrogens (tertiary/aromatic N) is 3. The van der Waals surface area contributed by atoms with Gasteiger partial charge in [0, 0.05) is 22.1 Å². The Bertz CT molecular complexity index is 1030. The molecular formula is C20H14BrN5. The summed E-state index contributed by atoms with van der Waals surface area (Å²) in [5, 5.41) is 15.3. The van der Waals surface area contributed by atoms with Crippen LogP contribution in [0.2, 0.25) is 0 Å². The van der Waals surface area contributed by atoms with Crippen LogP contribution >= 0.6 is 15.9 Å². The van der Waals surface area contributed by atoms with Gasteiger partial charge in [0.2, 0.25) is 5.95 Å². The first-order valence-corrected chi connectivity index (χ1v) is 8.87. The fraction of sp³-hybridized carbons (Fsp3) is 0.0500. The van der Waals surface area contributed by atoms with E-state index < -0.39 is 0 Å². The van der Waals surface area contributed by atoms with Crippen molar-refractivity contribution >= 4 is 43.6 Å². The highest BCUT2D eigenvalue weighted by Crippen LogP contribution is 2.34. The SMILES string of the molecule is N#Cc1ccc(Nc2nccc(Nc3ccc4c(c3)C(Br)=CC4)n2)cc1. The molecule has 1 aromatic heterocycles. The van der Waals surface area contributed by atoms with E-state index in [9.17, 15) is 0 Å². The number of rotatable bonds is 4. The van der Waals surface area contributed by atoms with Crippen LogP contribution in [0.4, 0.5) is 23.1 Å². The average Bonchev–Trinajstić information content (AvgIpc) is 3.03. The molecule has 0 bridgehead atoms. The lowest BCUT2D eigenvalue weighted by atomic mass is 10.1. The van der Waals surface area contributed by atoms with Gasteiger partial charge in [0.15, 0.2) is 0 Å². The number of benzene rings is 2. The third kappa shape index (κ3) is 3.44. The molecule has 0 saturated carbocycles. The smallest absolute Gasteiger partial charge is 0.229 e. The molecule has 4 rings (SSSR count). The van der Waals surface area contributed by atoms with E-state index >= 15 is 0 Å². The van der Waals surface area contributed by atoms with Crippen LogP contribution in [0.15, 0.2) is 60.8 Å². The van der Waals surface area contributed by atoms with Crippen molar-refractivity contribution in [1.82, 2.24) is 9.97 Å². The summed E-state index contributed by atoms with van der Waals surface area (Å²) in [6.45, 7) is 0. The molecule has 0 fully saturated rings. The van der Waals surface area contributed by atoms with Gasteiger partial charge in [-0.15, -0.1) is 0 Å². The minimum atomic E-state index is 0.488. The van der Waals surface area contributed by atoms with Gasteiger partial charge in [-0.05, 0) is 60.0 Å². The van der Waals surface area contributed by atoms with Crippen molar-refractivity contribution in [3.8, 4) is 6.07 Å². The zero-order chi connectivity index (χ0) is 17.9. The summed E-state index contributed by atoms with van der Waals surface area (Å²) in [6.07, 6.45) is 4.83. The van der Waals surface area contributed by atoms with E-state index in [0.29, 0.717) is 17.3 Å². The van der Waals surface area contributed by atoms with Gasteiger partial charge in [-0.1, -0.05) is 28.1 Å². The lowest BCUT2D eigenvalue weighted by Crippen LogP contribution is -2.00. The number of halogens is 1. The first kappa shape index (κ1) is 16.3. The Morgan fingerprint density at radius 1 is 1.00 bits per heavy atom. The summed E-state index contributed by atoms with van der Waals surface area (Å²) in [4.78, 5) is 8.74. The summed E-state index contributed by atoms with van der Waals surface area (Å²) < 4.78 is 1.13. The second-order valence-corrected chi connectivity index (χ2v) is 6.69. The highest BCUT2D eigenvalue weighted by molar-refractivity contribution is 9.15. The third-order valence-corrected chi connectivity index (χ3v) is 4.82. The van der Waals surface area contributed by atoms with Gasteiger partial charge in [0.25, 0.3) is 0 Å². The molecule has 0 saturated heterocycles. The van der Waals surface area contributed by atoms with E-state index in [-0.39, 0.29) is 0 Å². The Kier molecular flexibility index (Phi) is 4.38. The molecule has 2 aromatic carbocycles. The van der Waals surface area contributed by atoms with E-state index in [4.69, 9.17) is 5.26 Å². The second-order valence-electron chi connectivity index (χ2n) is 5.83. The Hall–Kier alpha value is -3.17. The highest BCUT2D eigenvalue weighted by Gasteiger charge is 2.12. The first-order chi connectivity index (χ1) is 12.7. The molecule has 5 nitrogen and oxygen atoms in total. The number of hydrogen-bond acceptors (Lipinski definition) is 5. The van der Waals surface area contributed by atoms with E-state index in [1.807, 2.05) is 24.3 Å². The normalized spacial score (nSPS) is 12.1. The minimum Gasteiger partial charge on any atom is -0.340 e. The molecule has 1 heterocycles. The van der Waals surface area contributed by atoms with E-state index in [1.165, 1.54) is 11.1 Å². The Balaban J connectivity index is 1.52. The fourth-order valence-corrected chi connectivity index (χ4v) is 3.29. The first-order valence-electron chi connectivity index (χ1n) is 8.07. The summed E-state index contributed by atoms with van der Waals surface area (Å²) in [6, 6.07) is 17.4.